The average Bonchev–Trinajstić information content (AvgIpc) is 2.48. The van der Waals surface area contributed by atoms with Crippen molar-refractivity contribution in [2.24, 2.45) is 11.8 Å². The predicted molar refractivity (Wildman–Crippen MR) is 80.1 cm³/mol. The summed E-state index contributed by atoms with van der Waals surface area (Å²) < 4.78 is 39.1. The highest BCUT2D eigenvalue weighted by Crippen LogP contribution is 2.42. The Kier molecular flexibility index (Phi) is 6.15. The van der Waals surface area contributed by atoms with Gasteiger partial charge < -0.3 is 5.32 Å². The zero-order valence-corrected chi connectivity index (χ0v) is 13.0. The fourth-order valence-electron chi connectivity index (χ4n) is 3.87. The number of rotatable bonds is 5. The Morgan fingerprint density at radius 3 is 2.67 bits per heavy atom. The lowest BCUT2D eigenvalue weighted by molar-refractivity contribution is -0.186. The molecule has 0 heterocycles. The molecule has 2 rings (SSSR count). The van der Waals surface area contributed by atoms with Crippen molar-refractivity contribution in [1.29, 1.82) is 0 Å². The molecular formula is C17H28F3N. The quantitative estimate of drug-likeness (QED) is 0.686. The summed E-state index contributed by atoms with van der Waals surface area (Å²) in [5.41, 5.74) is 1.38. The molecule has 0 aliphatic heterocycles. The van der Waals surface area contributed by atoms with Crippen LogP contribution >= 0.6 is 0 Å². The Bertz CT molecular complexity index is 348. The van der Waals surface area contributed by atoms with E-state index in [1.54, 1.807) is 0 Å². The van der Waals surface area contributed by atoms with Crippen LogP contribution in [0.15, 0.2) is 11.6 Å². The molecule has 2 aliphatic rings. The number of hydrogen-bond donors (Lipinski definition) is 1. The van der Waals surface area contributed by atoms with Crippen LogP contribution in [-0.2, 0) is 0 Å². The van der Waals surface area contributed by atoms with Crippen molar-refractivity contribution in [2.45, 2.75) is 76.9 Å². The van der Waals surface area contributed by atoms with Crippen LogP contribution < -0.4 is 5.32 Å². The topological polar surface area (TPSA) is 12.0 Å². The van der Waals surface area contributed by atoms with Gasteiger partial charge in [0.1, 0.15) is 0 Å². The minimum atomic E-state index is -4.02. The van der Waals surface area contributed by atoms with Crippen molar-refractivity contribution in [2.75, 3.05) is 6.54 Å². The number of halogens is 3. The Labute approximate surface area is 126 Å². The van der Waals surface area contributed by atoms with E-state index >= 15 is 0 Å². The first-order chi connectivity index (χ1) is 10.0. The smallest absolute Gasteiger partial charge is 0.310 e. The van der Waals surface area contributed by atoms with Gasteiger partial charge in [-0.15, -0.1) is 0 Å². The Morgan fingerprint density at radius 2 is 2.05 bits per heavy atom. The summed E-state index contributed by atoms with van der Waals surface area (Å²) >= 11 is 0. The number of alkyl halides is 3. The van der Waals surface area contributed by atoms with Crippen LogP contribution in [0.2, 0.25) is 0 Å². The largest absolute Gasteiger partial charge is 0.391 e. The molecule has 3 unspecified atom stereocenters. The highest BCUT2D eigenvalue weighted by molar-refractivity contribution is 5.15. The molecule has 1 nitrogen and oxygen atoms in total. The minimum absolute atomic E-state index is 0.154. The summed E-state index contributed by atoms with van der Waals surface area (Å²) in [6.07, 6.45) is 6.14. The number of hydrogen-bond acceptors (Lipinski definition) is 1. The summed E-state index contributed by atoms with van der Waals surface area (Å²) in [7, 11) is 0. The van der Waals surface area contributed by atoms with Gasteiger partial charge in [-0.05, 0) is 63.8 Å². The van der Waals surface area contributed by atoms with E-state index in [-0.39, 0.29) is 12.0 Å². The maximum absolute atomic E-state index is 13.0. The van der Waals surface area contributed by atoms with E-state index in [9.17, 15) is 13.2 Å². The van der Waals surface area contributed by atoms with Gasteiger partial charge >= 0.3 is 6.18 Å². The third kappa shape index (κ3) is 4.73. The van der Waals surface area contributed by atoms with Crippen molar-refractivity contribution in [3.63, 3.8) is 0 Å². The Hall–Kier alpha value is -0.510. The summed E-state index contributed by atoms with van der Waals surface area (Å²) in [5.74, 6) is -0.937. The Balaban J connectivity index is 2.06. The van der Waals surface area contributed by atoms with Gasteiger partial charge in [0.2, 0.25) is 0 Å². The summed E-state index contributed by atoms with van der Waals surface area (Å²) in [4.78, 5) is 0. The monoisotopic (exact) mass is 303 g/mol. The van der Waals surface area contributed by atoms with Crippen LogP contribution in [0.25, 0.3) is 0 Å². The molecule has 2 aliphatic carbocycles. The Morgan fingerprint density at radius 1 is 1.24 bits per heavy atom. The number of nitrogens with one attached hydrogen (secondary N) is 1. The molecule has 1 N–H and O–H groups in total. The first kappa shape index (κ1) is 16.9. The van der Waals surface area contributed by atoms with E-state index in [0.717, 1.165) is 32.2 Å². The van der Waals surface area contributed by atoms with Crippen LogP contribution in [0.4, 0.5) is 13.2 Å². The molecule has 1 fully saturated rings. The molecule has 0 radical (unpaired) electrons. The fraction of sp³-hybridized carbons (Fsp3) is 0.882. The molecule has 122 valence electrons. The lowest BCUT2D eigenvalue weighted by Gasteiger charge is -2.37. The highest BCUT2D eigenvalue weighted by atomic mass is 19.4. The summed E-state index contributed by atoms with van der Waals surface area (Å²) in [6.45, 7) is 3.01. The lowest BCUT2D eigenvalue weighted by atomic mass is 9.74. The molecule has 0 aromatic heterocycles. The fourth-order valence-corrected chi connectivity index (χ4v) is 3.87. The van der Waals surface area contributed by atoms with E-state index < -0.39 is 12.1 Å². The van der Waals surface area contributed by atoms with E-state index in [1.165, 1.54) is 18.4 Å². The van der Waals surface area contributed by atoms with E-state index in [4.69, 9.17) is 0 Å². The first-order valence-corrected chi connectivity index (χ1v) is 8.51. The molecule has 0 amide bonds. The van der Waals surface area contributed by atoms with Gasteiger partial charge in [0.25, 0.3) is 0 Å². The standard InChI is InChI=1S/C17H28F3N/c1-2-11-21-16(13-7-4-3-5-8-13)14-9-6-10-15(12-14)17(18,19)20/h7,14-16,21H,2-6,8-12H2,1H3. The molecule has 0 bridgehead atoms. The molecule has 4 heteroatoms. The van der Waals surface area contributed by atoms with Crippen LogP contribution in [0, 0.1) is 11.8 Å². The van der Waals surface area contributed by atoms with Gasteiger partial charge in [-0.3, -0.25) is 0 Å². The second-order valence-corrected chi connectivity index (χ2v) is 6.62. The third-order valence-electron chi connectivity index (χ3n) is 4.99. The van der Waals surface area contributed by atoms with Crippen LogP contribution in [0.3, 0.4) is 0 Å². The number of allylic oxidation sites excluding steroid dienone is 1. The van der Waals surface area contributed by atoms with Crippen LogP contribution in [0.5, 0.6) is 0 Å². The van der Waals surface area contributed by atoms with Crippen LogP contribution in [-0.4, -0.2) is 18.8 Å². The summed E-state index contributed by atoms with van der Waals surface area (Å²) in [5, 5.41) is 3.55. The first-order valence-electron chi connectivity index (χ1n) is 8.51. The summed E-state index contributed by atoms with van der Waals surface area (Å²) in [6, 6.07) is 0.176. The second kappa shape index (κ2) is 7.66. The van der Waals surface area contributed by atoms with Crippen molar-refractivity contribution in [1.82, 2.24) is 5.32 Å². The van der Waals surface area contributed by atoms with Gasteiger partial charge in [-0.1, -0.05) is 25.0 Å². The molecule has 21 heavy (non-hydrogen) atoms. The minimum Gasteiger partial charge on any atom is -0.310 e. The zero-order chi connectivity index (χ0) is 15.3. The predicted octanol–water partition coefficient (Wildman–Crippen LogP) is 5.22. The highest BCUT2D eigenvalue weighted by Gasteiger charge is 2.43. The molecule has 1 saturated carbocycles. The molecule has 0 aromatic carbocycles. The zero-order valence-electron chi connectivity index (χ0n) is 13.0. The third-order valence-corrected chi connectivity index (χ3v) is 4.99. The second-order valence-electron chi connectivity index (χ2n) is 6.62. The van der Waals surface area contributed by atoms with Gasteiger partial charge in [-0.25, -0.2) is 0 Å². The van der Waals surface area contributed by atoms with Gasteiger partial charge in [0, 0.05) is 6.04 Å². The van der Waals surface area contributed by atoms with E-state index in [1.807, 2.05) is 0 Å². The molecular weight excluding hydrogens is 275 g/mol. The maximum atomic E-state index is 13.0. The lowest BCUT2D eigenvalue weighted by Crippen LogP contribution is -2.42. The average molecular weight is 303 g/mol. The van der Waals surface area contributed by atoms with Crippen molar-refractivity contribution < 1.29 is 13.2 Å². The van der Waals surface area contributed by atoms with E-state index in [2.05, 4.69) is 18.3 Å². The van der Waals surface area contributed by atoms with Crippen molar-refractivity contribution >= 4 is 0 Å². The van der Waals surface area contributed by atoms with Gasteiger partial charge in [-0.2, -0.15) is 13.2 Å². The van der Waals surface area contributed by atoms with Crippen molar-refractivity contribution in [3.8, 4) is 0 Å². The molecule has 3 atom stereocenters. The van der Waals surface area contributed by atoms with Gasteiger partial charge in [0.15, 0.2) is 0 Å². The normalized spacial score (nSPS) is 29.0. The van der Waals surface area contributed by atoms with Crippen molar-refractivity contribution in [3.05, 3.63) is 11.6 Å². The van der Waals surface area contributed by atoms with Crippen LogP contribution in [0.1, 0.15) is 64.7 Å². The maximum Gasteiger partial charge on any atom is 0.391 e. The SMILES string of the molecule is CCCNC(C1=CCCCC1)C1CCCC(C(F)(F)F)C1. The van der Waals surface area contributed by atoms with Gasteiger partial charge in [0.05, 0.1) is 5.92 Å². The molecule has 0 aromatic rings. The molecule has 0 saturated heterocycles. The molecule has 0 spiro atoms. The van der Waals surface area contributed by atoms with E-state index in [0.29, 0.717) is 19.3 Å².